The van der Waals surface area contributed by atoms with E-state index >= 15 is 0 Å². The predicted octanol–water partition coefficient (Wildman–Crippen LogP) is 7.74. The fraction of sp³-hybridized carbons (Fsp3) is 0.143. The summed E-state index contributed by atoms with van der Waals surface area (Å²) in [5.74, 6) is -1.18. The van der Waals surface area contributed by atoms with Gasteiger partial charge in [0.25, 0.3) is 0 Å². The molecule has 0 radical (unpaired) electrons. The van der Waals surface area contributed by atoms with Crippen molar-refractivity contribution in [1.29, 1.82) is 0 Å². The van der Waals surface area contributed by atoms with Crippen LogP contribution < -0.4 is 19.5 Å². The van der Waals surface area contributed by atoms with Gasteiger partial charge in [0.1, 0.15) is 17.2 Å². The Morgan fingerprint density at radius 3 is 1.77 bits per heavy atom. The van der Waals surface area contributed by atoms with Gasteiger partial charge >= 0.3 is 24.4 Å². The average Bonchev–Trinajstić information content (AvgIpc) is 3.38. The number of rotatable bonds is 8. The molecule has 0 fully saturated rings. The fourth-order valence-electron chi connectivity index (χ4n) is 3.91. The molecule has 0 unspecified atom stereocenters. The lowest BCUT2D eigenvalue weighted by Crippen LogP contribution is -2.10. The summed E-state index contributed by atoms with van der Waals surface area (Å²) in [6.45, 7) is 1.82. The van der Waals surface area contributed by atoms with Crippen molar-refractivity contribution in [2.45, 2.75) is 19.3 Å². The maximum Gasteiger partial charge on any atom is 0.419 e. The van der Waals surface area contributed by atoms with E-state index in [4.69, 9.17) is 14.2 Å². The number of anilines is 2. The first kappa shape index (κ1) is 29.2. The number of hydrogen-bond acceptors (Lipinski definition) is 8. The minimum Gasteiger partial charge on any atom is -0.494 e. The number of aromatic nitrogens is 5. The maximum atomic E-state index is 13.6. The van der Waals surface area contributed by atoms with Crippen LogP contribution >= 0.6 is 0 Å². The molecule has 3 aromatic carbocycles. The third-order valence-electron chi connectivity index (χ3n) is 5.81. The molecule has 0 saturated heterocycles. The molecular weight excluding hydrogens is 582 g/mol. The molecule has 15 heteroatoms. The lowest BCUT2D eigenvalue weighted by atomic mass is 10.2. The molecule has 0 spiro atoms. The molecule has 222 valence electrons. The molecule has 0 atom stereocenters. The minimum absolute atomic E-state index is 0.303. The van der Waals surface area contributed by atoms with Gasteiger partial charge in [-0.3, -0.25) is 0 Å². The number of hydrogen-bond donors (Lipinski definition) is 1. The minimum atomic E-state index is -4.78. The highest BCUT2D eigenvalue weighted by Gasteiger charge is 2.35. The van der Waals surface area contributed by atoms with Crippen molar-refractivity contribution in [3.63, 3.8) is 0 Å². The Morgan fingerprint density at radius 1 is 0.721 bits per heavy atom. The van der Waals surface area contributed by atoms with Crippen LogP contribution in [0.1, 0.15) is 16.8 Å². The molecule has 0 aliphatic carbocycles. The van der Waals surface area contributed by atoms with Gasteiger partial charge in [-0.2, -0.15) is 36.3 Å². The van der Waals surface area contributed by atoms with Gasteiger partial charge in [0.2, 0.25) is 5.95 Å². The molecule has 2 aromatic heterocycles. The summed E-state index contributed by atoms with van der Waals surface area (Å²) < 4.78 is 99.4. The van der Waals surface area contributed by atoms with Gasteiger partial charge in [-0.1, -0.05) is 24.3 Å². The molecule has 43 heavy (non-hydrogen) atoms. The number of methoxy groups -OCH3 is 1. The molecule has 0 aliphatic heterocycles. The van der Waals surface area contributed by atoms with E-state index in [0.29, 0.717) is 17.1 Å². The molecule has 5 aromatic rings. The van der Waals surface area contributed by atoms with Crippen LogP contribution in [0.15, 0.2) is 79.3 Å². The number of aryl methyl sites for hydroxylation is 1. The van der Waals surface area contributed by atoms with Crippen molar-refractivity contribution >= 4 is 11.6 Å². The largest absolute Gasteiger partial charge is 0.494 e. The van der Waals surface area contributed by atoms with Crippen LogP contribution in [0, 0.1) is 6.92 Å². The third-order valence-corrected chi connectivity index (χ3v) is 5.81. The smallest absolute Gasteiger partial charge is 0.419 e. The lowest BCUT2D eigenvalue weighted by Gasteiger charge is -2.15. The number of para-hydroxylation sites is 2. The molecule has 0 aliphatic rings. The molecule has 1 N–H and O–H groups in total. The van der Waals surface area contributed by atoms with Gasteiger partial charge in [-0.25, -0.2) is 4.98 Å². The Balaban J connectivity index is 1.54. The zero-order valence-electron chi connectivity index (χ0n) is 22.2. The molecular formula is C28H20F6N6O3. The summed E-state index contributed by atoms with van der Waals surface area (Å²) in [5, 5.41) is 2.83. The topological polar surface area (TPSA) is 96.2 Å². The molecule has 0 bridgehead atoms. The van der Waals surface area contributed by atoms with E-state index in [0.717, 1.165) is 30.0 Å². The van der Waals surface area contributed by atoms with E-state index in [9.17, 15) is 26.3 Å². The number of nitrogens with zero attached hydrogens (tertiary/aromatic N) is 5. The summed E-state index contributed by atoms with van der Waals surface area (Å²) >= 11 is 0. The average molecular weight is 602 g/mol. The van der Waals surface area contributed by atoms with E-state index in [2.05, 4.69) is 25.3 Å². The molecule has 5 rings (SSSR count). The van der Waals surface area contributed by atoms with Crippen molar-refractivity contribution in [2.75, 3.05) is 12.4 Å². The Morgan fingerprint density at radius 2 is 1.28 bits per heavy atom. The predicted molar refractivity (Wildman–Crippen MR) is 141 cm³/mol. The highest BCUT2D eigenvalue weighted by Crippen LogP contribution is 2.39. The van der Waals surface area contributed by atoms with Crippen LogP contribution in [0.2, 0.25) is 0 Å². The Kier molecular flexibility index (Phi) is 7.80. The van der Waals surface area contributed by atoms with Crippen LogP contribution in [0.4, 0.5) is 38.0 Å². The van der Waals surface area contributed by atoms with Crippen molar-refractivity contribution in [3.05, 3.63) is 96.1 Å². The van der Waals surface area contributed by atoms with E-state index in [1.807, 2.05) is 6.92 Å². The zero-order chi connectivity index (χ0) is 30.8. The highest BCUT2D eigenvalue weighted by molar-refractivity contribution is 5.62. The number of benzene rings is 3. The van der Waals surface area contributed by atoms with E-state index < -0.39 is 47.0 Å². The van der Waals surface area contributed by atoms with Crippen LogP contribution in [-0.4, -0.2) is 31.6 Å². The van der Waals surface area contributed by atoms with E-state index in [1.54, 1.807) is 35.3 Å². The second-order valence-electron chi connectivity index (χ2n) is 8.85. The molecule has 0 saturated carbocycles. The van der Waals surface area contributed by atoms with Gasteiger partial charge in [-0.15, -0.1) is 4.98 Å². The van der Waals surface area contributed by atoms with Crippen LogP contribution in [0.5, 0.6) is 29.3 Å². The first-order valence-electron chi connectivity index (χ1n) is 12.3. The first-order chi connectivity index (χ1) is 20.4. The normalized spacial score (nSPS) is 11.7. The van der Waals surface area contributed by atoms with Crippen molar-refractivity contribution in [2.24, 2.45) is 0 Å². The van der Waals surface area contributed by atoms with Gasteiger partial charge < -0.3 is 24.1 Å². The monoisotopic (exact) mass is 602 g/mol. The third kappa shape index (κ3) is 6.77. The Bertz CT molecular complexity index is 1680. The summed E-state index contributed by atoms with van der Waals surface area (Å²) in [6.07, 6.45) is -6.18. The quantitative estimate of drug-likeness (QED) is 0.180. The summed E-state index contributed by atoms with van der Waals surface area (Å²) in [7, 11) is 1.45. The second kappa shape index (κ2) is 11.5. The number of halogens is 6. The summed E-state index contributed by atoms with van der Waals surface area (Å²) in [5.41, 5.74) is -0.472. The second-order valence-corrected chi connectivity index (χ2v) is 8.85. The van der Waals surface area contributed by atoms with Crippen LogP contribution in [-0.2, 0) is 12.4 Å². The summed E-state index contributed by atoms with van der Waals surface area (Å²) in [6, 6.07) is 12.2. The van der Waals surface area contributed by atoms with Crippen LogP contribution in [0.25, 0.3) is 5.69 Å². The maximum absolute atomic E-state index is 13.6. The van der Waals surface area contributed by atoms with E-state index in [1.165, 1.54) is 31.4 Å². The number of ether oxygens (including phenoxy) is 3. The van der Waals surface area contributed by atoms with Gasteiger partial charge in [0.05, 0.1) is 35.9 Å². The van der Waals surface area contributed by atoms with Crippen LogP contribution in [0.3, 0.4) is 0 Å². The van der Waals surface area contributed by atoms with Crippen molar-refractivity contribution in [1.82, 2.24) is 24.5 Å². The van der Waals surface area contributed by atoms with Gasteiger partial charge in [0.15, 0.2) is 0 Å². The SMILES string of the molecule is COc1cc(Nc2nc(Oc3ccccc3C(F)(F)F)nc(Oc3ccccc3C(F)(F)F)n2)ccc1-n1cnc(C)c1. The Labute approximate surface area is 239 Å². The Hall–Kier alpha value is -5.34. The summed E-state index contributed by atoms with van der Waals surface area (Å²) in [4.78, 5) is 16.0. The molecule has 9 nitrogen and oxygen atoms in total. The molecule has 2 heterocycles. The van der Waals surface area contributed by atoms with Gasteiger partial charge in [-0.05, 0) is 43.3 Å². The zero-order valence-corrected chi connectivity index (χ0v) is 22.2. The lowest BCUT2D eigenvalue weighted by molar-refractivity contribution is -0.139. The number of nitrogens with one attached hydrogen (secondary N) is 1. The van der Waals surface area contributed by atoms with Gasteiger partial charge in [0, 0.05) is 18.0 Å². The number of imidazole rings is 1. The standard InChI is InChI=1S/C28H20F6N6O3/c1-16-14-40(15-35-16)20-12-11-17(13-23(20)41-2)36-24-37-25(42-21-9-5-3-7-18(21)27(29,30)31)39-26(38-24)43-22-10-6-4-8-19(22)28(32,33)34/h3-15H,1-2H3,(H,36,37,38,39). The number of alkyl halides is 6. The highest BCUT2D eigenvalue weighted by atomic mass is 19.4. The van der Waals surface area contributed by atoms with E-state index in [-0.39, 0.29) is 5.95 Å². The van der Waals surface area contributed by atoms with Crippen molar-refractivity contribution < 1.29 is 40.6 Å². The van der Waals surface area contributed by atoms with Crippen molar-refractivity contribution in [3.8, 4) is 35.0 Å². The first-order valence-corrected chi connectivity index (χ1v) is 12.3. The molecule has 0 amide bonds. The fourth-order valence-corrected chi connectivity index (χ4v) is 3.91.